The molecular formula is C12H26N2O3. The van der Waals surface area contributed by atoms with Gasteiger partial charge in [0.05, 0.1) is 25.2 Å². The summed E-state index contributed by atoms with van der Waals surface area (Å²) >= 11 is 0. The average molecular weight is 246 g/mol. The molecule has 0 rings (SSSR count). The molecule has 17 heavy (non-hydrogen) atoms. The number of hydrogen-bond donors (Lipinski definition) is 3. The fraction of sp³-hybridized carbons (Fsp3) is 0.917. The Balaban J connectivity index is 4.33. The number of carbonyl (C=O) groups excluding carboxylic acids is 1. The Hall–Kier alpha value is -0.650. The maximum Gasteiger partial charge on any atom is 0.224 e. The molecule has 0 radical (unpaired) electrons. The maximum atomic E-state index is 11.9. The van der Waals surface area contributed by atoms with E-state index in [1.165, 1.54) is 7.11 Å². The second-order valence-electron chi connectivity index (χ2n) is 5.54. The molecule has 0 spiro atoms. The van der Waals surface area contributed by atoms with E-state index in [1.54, 1.807) is 0 Å². The summed E-state index contributed by atoms with van der Waals surface area (Å²) in [7, 11) is 1.53. The number of amides is 1. The van der Waals surface area contributed by atoms with Gasteiger partial charge < -0.3 is 20.9 Å². The number of carbonyl (C=O) groups is 1. The molecule has 5 nitrogen and oxygen atoms in total. The van der Waals surface area contributed by atoms with E-state index < -0.39 is 0 Å². The minimum Gasteiger partial charge on any atom is -0.394 e. The van der Waals surface area contributed by atoms with E-state index in [1.807, 2.05) is 0 Å². The van der Waals surface area contributed by atoms with Crippen molar-refractivity contribution in [3.63, 3.8) is 0 Å². The van der Waals surface area contributed by atoms with E-state index in [4.69, 9.17) is 15.6 Å². The van der Waals surface area contributed by atoms with Gasteiger partial charge in [-0.1, -0.05) is 20.8 Å². The Kier molecular flexibility index (Phi) is 7.34. The predicted molar refractivity (Wildman–Crippen MR) is 67.5 cm³/mol. The van der Waals surface area contributed by atoms with Gasteiger partial charge >= 0.3 is 0 Å². The van der Waals surface area contributed by atoms with Gasteiger partial charge in [0, 0.05) is 13.7 Å². The van der Waals surface area contributed by atoms with Gasteiger partial charge in [0.2, 0.25) is 5.91 Å². The third-order valence-corrected chi connectivity index (χ3v) is 2.45. The van der Waals surface area contributed by atoms with Crippen LogP contribution in [-0.2, 0) is 9.53 Å². The highest BCUT2D eigenvalue weighted by atomic mass is 16.5. The first-order valence-corrected chi connectivity index (χ1v) is 5.94. The summed E-state index contributed by atoms with van der Waals surface area (Å²) < 4.78 is 4.90. The number of hydrogen-bond acceptors (Lipinski definition) is 4. The lowest BCUT2D eigenvalue weighted by atomic mass is 9.84. The number of rotatable bonds is 7. The molecule has 0 fully saturated rings. The Morgan fingerprint density at radius 3 is 2.41 bits per heavy atom. The average Bonchev–Trinajstić information content (AvgIpc) is 2.23. The first-order valence-electron chi connectivity index (χ1n) is 5.94. The standard InChI is InChI=1S/C12H26N2O3/c1-12(2,3)5-9(6-13)11(16)14-10(7-15)8-17-4/h9-10,15H,5-8,13H2,1-4H3,(H,14,16). The lowest BCUT2D eigenvalue weighted by Crippen LogP contribution is -2.46. The van der Waals surface area contributed by atoms with E-state index in [-0.39, 0.29) is 29.9 Å². The third-order valence-electron chi connectivity index (χ3n) is 2.45. The third kappa shape index (κ3) is 7.31. The van der Waals surface area contributed by atoms with Crippen molar-refractivity contribution in [3.8, 4) is 0 Å². The van der Waals surface area contributed by atoms with Crippen molar-refractivity contribution < 1.29 is 14.6 Å². The summed E-state index contributed by atoms with van der Waals surface area (Å²) in [5.41, 5.74) is 5.67. The van der Waals surface area contributed by atoms with Crippen LogP contribution in [0.15, 0.2) is 0 Å². The number of nitrogens with two attached hydrogens (primary N) is 1. The summed E-state index contributed by atoms with van der Waals surface area (Å²) in [4.78, 5) is 11.9. The molecule has 0 aromatic heterocycles. The fourth-order valence-electron chi connectivity index (χ4n) is 1.68. The van der Waals surface area contributed by atoms with Crippen LogP contribution in [0.2, 0.25) is 0 Å². The van der Waals surface area contributed by atoms with Crippen molar-refractivity contribution in [1.82, 2.24) is 5.32 Å². The van der Waals surface area contributed by atoms with Crippen LogP contribution in [0.4, 0.5) is 0 Å². The van der Waals surface area contributed by atoms with Gasteiger partial charge in [-0.25, -0.2) is 0 Å². The monoisotopic (exact) mass is 246 g/mol. The van der Waals surface area contributed by atoms with E-state index in [0.29, 0.717) is 13.2 Å². The van der Waals surface area contributed by atoms with E-state index in [9.17, 15) is 4.79 Å². The molecule has 0 aromatic carbocycles. The Labute approximate surface area is 104 Å². The SMILES string of the molecule is COCC(CO)NC(=O)C(CN)CC(C)(C)C. The smallest absolute Gasteiger partial charge is 0.224 e. The molecule has 2 atom stereocenters. The van der Waals surface area contributed by atoms with Gasteiger partial charge in [-0.15, -0.1) is 0 Å². The normalized spacial score (nSPS) is 15.4. The zero-order chi connectivity index (χ0) is 13.5. The largest absolute Gasteiger partial charge is 0.394 e. The lowest BCUT2D eigenvalue weighted by molar-refractivity contribution is -0.127. The van der Waals surface area contributed by atoms with Crippen molar-refractivity contribution >= 4 is 5.91 Å². The minimum absolute atomic E-state index is 0.0529. The molecule has 1 amide bonds. The van der Waals surface area contributed by atoms with Crippen molar-refractivity contribution in [2.24, 2.45) is 17.1 Å². The zero-order valence-corrected chi connectivity index (χ0v) is 11.3. The zero-order valence-electron chi connectivity index (χ0n) is 11.3. The van der Waals surface area contributed by atoms with Gasteiger partial charge in [-0.3, -0.25) is 4.79 Å². The first-order chi connectivity index (χ1) is 7.84. The molecule has 5 heteroatoms. The molecule has 0 bridgehead atoms. The van der Waals surface area contributed by atoms with Crippen molar-refractivity contribution in [2.75, 3.05) is 26.9 Å². The second-order valence-corrected chi connectivity index (χ2v) is 5.54. The van der Waals surface area contributed by atoms with Crippen LogP contribution in [0.5, 0.6) is 0 Å². The van der Waals surface area contributed by atoms with Gasteiger partial charge in [0.25, 0.3) is 0 Å². The second kappa shape index (κ2) is 7.63. The number of nitrogens with one attached hydrogen (secondary N) is 1. The van der Waals surface area contributed by atoms with Crippen LogP contribution in [0.3, 0.4) is 0 Å². The number of methoxy groups -OCH3 is 1. The molecule has 0 saturated heterocycles. The van der Waals surface area contributed by atoms with Crippen molar-refractivity contribution in [1.29, 1.82) is 0 Å². The molecule has 0 aliphatic carbocycles. The maximum absolute atomic E-state index is 11.9. The van der Waals surface area contributed by atoms with Crippen LogP contribution < -0.4 is 11.1 Å². The lowest BCUT2D eigenvalue weighted by Gasteiger charge is -2.26. The van der Waals surface area contributed by atoms with Gasteiger partial charge in [-0.05, 0) is 11.8 Å². The number of ether oxygens (including phenoxy) is 1. The number of aliphatic hydroxyl groups is 1. The molecular weight excluding hydrogens is 220 g/mol. The predicted octanol–water partition coefficient (Wildman–Crippen LogP) is 0.121. The minimum atomic E-state index is -0.360. The Morgan fingerprint density at radius 2 is 2.06 bits per heavy atom. The van der Waals surface area contributed by atoms with Crippen molar-refractivity contribution in [3.05, 3.63) is 0 Å². The summed E-state index contributed by atoms with van der Waals surface area (Å²) in [5, 5.41) is 11.8. The van der Waals surface area contributed by atoms with Crippen LogP contribution in [0.1, 0.15) is 27.2 Å². The molecule has 2 unspecified atom stereocenters. The van der Waals surface area contributed by atoms with Crippen LogP contribution in [-0.4, -0.2) is 43.9 Å². The molecule has 0 aliphatic rings. The molecule has 0 aromatic rings. The van der Waals surface area contributed by atoms with Gasteiger partial charge in [-0.2, -0.15) is 0 Å². The first kappa shape index (κ1) is 16.4. The van der Waals surface area contributed by atoms with Crippen molar-refractivity contribution in [2.45, 2.75) is 33.2 Å². The van der Waals surface area contributed by atoms with E-state index in [0.717, 1.165) is 6.42 Å². The Morgan fingerprint density at radius 1 is 1.47 bits per heavy atom. The van der Waals surface area contributed by atoms with Gasteiger partial charge in [0.15, 0.2) is 0 Å². The Bertz CT molecular complexity index is 226. The summed E-state index contributed by atoms with van der Waals surface area (Å²) in [6, 6.07) is -0.360. The summed E-state index contributed by atoms with van der Waals surface area (Å²) in [6.07, 6.45) is 0.723. The summed E-state index contributed by atoms with van der Waals surface area (Å²) in [5.74, 6) is -0.334. The highest BCUT2D eigenvalue weighted by Crippen LogP contribution is 2.24. The fourth-order valence-corrected chi connectivity index (χ4v) is 1.68. The molecule has 0 saturated carbocycles. The molecule has 0 aliphatic heterocycles. The van der Waals surface area contributed by atoms with Crippen LogP contribution in [0, 0.1) is 11.3 Å². The van der Waals surface area contributed by atoms with E-state index >= 15 is 0 Å². The molecule has 4 N–H and O–H groups in total. The topological polar surface area (TPSA) is 84.6 Å². The van der Waals surface area contributed by atoms with E-state index in [2.05, 4.69) is 26.1 Å². The highest BCUT2D eigenvalue weighted by Gasteiger charge is 2.25. The molecule has 0 heterocycles. The molecule has 102 valence electrons. The summed E-state index contributed by atoms with van der Waals surface area (Å²) in [6.45, 7) is 6.69. The van der Waals surface area contributed by atoms with Crippen LogP contribution >= 0.6 is 0 Å². The quantitative estimate of drug-likeness (QED) is 0.596. The number of aliphatic hydroxyl groups excluding tert-OH is 1. The van der Waals surface area contributed by atoms with Crippen LogP contribution in [0.25, 0.3) is 0 Å². The highest BCUT2D eigenvalue weighted by molar-refractivity contribution is 5.79. The van der Waals surface area contributed by atoms with Gasteiger partial charge in [0.1, 0.15) is 0 Å².